The molecule has 2 bridgehead atoms. The molecule has 2 saturated heterocycles. The molecular formula is C33H44N2O5. The van der Waals surface area contributed by atoms with E-state index in [1.54, 1.807) is 0 Å². The van der Waals surface area contributed by atoms with Gasteiger partial charge in [0.1, 0.15) is 30.5 Å². The Kier molecular flexibility index (Phi) is 10.9. The number of aliphatic hydroxyl groups is 2. The van der Waals surface area contributed by atoms with Crippen molar-refractivity contribution in [3.63, 3.8) is 0 Å². The molecule has 3 unspecified atom stereocenters. The van der Waals surface area contributed by atoms with Crippen LogP contribution in [-0.2, 0) is 9.53 Å². The van der Waals surface area contributed by atoms with Crippen molar-refractivity contribution in [2.75, 3.05) is 26.8 Å². The van der Waals surface area contributed by atoms with Crippen LogP contribution in [0.25, 0.3) is 10.8 Å². The molecule has 216 valence electrons. The zero-order chi connectivity index (χ0) is 28.5. The quantitative estimate of drug-likeness (QED) is 0.321. The second-order valence-electron chi connectivity index (χ2n) is 11.2. The minimum absolute atomic E-state index is 0.00367. The highest BCUT2D eigenvalue weighted by Crippen LogP contribution is 2.36. The molecule has 7 nitrogen and oxygen atoms in total. The predicted octanol–water partition coefficient (Wildman–Crippen LogP) is 4.51. The average Bonchev–Trinajstić information content (AvgIpc) is 3.16. The molecule has 2 heterocycles. The van der Waals surface area contributed by atoms with Gasteiger partial charge in [-0.15, -0.1) is 0 Å². The molecule has 2 aliphatic heterocycles. The van der Waals surface area contributed by atoms with Crippen LogP contribution in [0.5, 0.6) is 5.75 Å². The van der Waals surface area contributed by atoms with Crippen LogP contribution in [0.3, 0.4) is 0 Å². The van der Waals surface area contributed by atoms with Crippen molar-refractivity contribution in [3.05, 3.63) is 78.4 Å². The van der Waals surface area contributed by atoms with Crippen LogP contribution in [0, 0.1) is 0 Å². The molecule has 0 spiro atoms. The summed E-state index contributed by atoms with van der Waals surface area (Å²) in [6.07, 6.45) is 3.76. The van der Waals surface area contributed by atoms with E-state index in [1.165, 1.54) is 12.8 Å². The lowest BCUT2D eigenvalue weighted by molar-refractivity contribution is -0.155. The van der Waals surface area contributed by atoms with Gasteiger partial charge in [-0.3, -0.25) is 4.79 Å². The van der Waals surface area contributed by atoms with Crippen molar-refractivity contribution in [2.24, 2.45) is 0 Å². The Bertz CT molecular complexity index is 1180. The smallest absolute Gasteiger partial charge is 0.316 e. The Morgan fingerprint density at radius 2 is 1.62 bits per heavy atom. The third kappa shape index (κ3) is 8.04. The largest absolute Gasteiger partial charge is 0.490 e. The summed E-state index contributed by atoms with van der Waals surface area (Å²) in [4.78, 5) is 14.8. The van der Waals surface area contributed by atoms with E-state index < -0.39 is 12.0 Å². The lowest BCUT2D eigenvalue weighted by Gasteiger charge is -2.36. The Labute approximate surface area is 238 Å². The Morgan fingerprint density at radius 1 is 0.975 bits per heavy atom. The topological polar surface area (TPSA) is 91.3 Å². The highest BCUT2D eigenvalue weighted by Gasteiger charge is 2.40. The minimum Gasteiger partial charge on any atom is -0.490 e. The van der Waals surface area contributed by atoms with Crippen molar-refractivity contribution in [1.29, 1.82) is 0 Å². The van der Waals surface area contributed by atoms with Crippen LogP contribution in [0.15, 0.2) is 72.8 Å². The van der Waals surface area contributed by atoms with Crippen molar-refractivity contribution < 1.29 is 24.5 Å². The summed E-state index contributed by atoms with van der Waals surface area (Å²) in [6, 6.07) is 24.9. The SMILES string of the molecule is CC(C)NCC(O)COc1cccc2ccccc12.CN1[C@@H]2CC[C@H]1CC(OC(=O)C(CO)c1ccccc1)C2. The molecule has 3 aromatic carbocycles. The maximum atomic E-state index is 12.4. The van der Waals surface area contributed by atoms with Crippen molar-refractivity contribution in [2.45, 2.75) is 75.8 Å². The van der Waals surface area contributed by atoms with E-state index >= 15 is 0 Å². The van der Waals surface area contributed by atoms with E-state index in [-0.39, 0.29) is 18.7 Å². The van der Waals surface area contributed by atoms with Crippen LogP contribution in [-0.4, -0.2) is 78.2 Å². The van der Waals surface area contributed by atoms with Gasteiger partial charge in [0, 0.05) is 30.1 Å². The first-order chi connectivity index (χ1) is 19.4. The third-order valence-electron chi connectivity index (χ3n) is 7.95. The lowest BCUT2D eigenvalue weighted by Crippen LogP contribution is -2.43. The second kappa shape index (κ2) is 14.6. The molecule has 2 aliphatic rings. The summed E-state index contributed by atoms with van der Waals surface area (Å²) in [5, 5.41) is 24.8. The number of carbonyl (C=O) groups excluding carboxylic acids is 1. The fraction of sp³-hybridized carbons (Fsp3) is 0.485. The molecule has 5 atom stereocenters. The number of hydrogen-bond acceptors (Lipinski definition) is 7. The summed E-state index contributed by atoms with van der Waals surface area (Å²) in [6.45, 7) is 4.75. The average molecular weight is 549 g/mol. The van der Waals surface area contributed by atoms with Crippen molar-refractivity contribution >= 4 is 16.7 Å². The lowest BCUT2D eigenvalue weighted by atomic mass is 9.98. The predicted molar refractivity (Wildman–Crippen MR) is 159 cm³/mol. The van der Waals surface area contributed by atoms with Gasteiger partial charge in [0.15, 0.2) is 0 Å². The minimum atomic E-state index is -0.566. The Hall–Kier alpha value is -2.97. The maximum absolute atomic E-state index is 12.4. The number of hydrogen-bond donors (Lipinski definition) is 3. The number of carbonyl (C=O) groups is 1. The number of aliphatic hydroxyl groups excluding tert-OH is 2. The van der Waals surface area contributed by atoms with E-state index in [1.807, 2.05) is 60.7 Å². The fourth-order valence-corrected chi connectivity index (χ4v) is 5.64. The number of benzene rings is 3. The zero-order valence-corrected chi connectivity index (χ0v) is 23.9. The molecule has 7 heteroatoms. The normalized spacial score (nSPS) is 21.9. The molecule has 5 rings (SSSR count). The van der Waals surface area contributed by atoms with Crippen molar-refractivity contribution in [1.82, 2.24) is 10.2 Å². The van der Waals surface area contributed by atoms with E-state index in [2.05, 4.69) is 43.2 Å². The molecule has 40 heavy (non-hydrogen) atoms. The maximum Gasteiger partial charge on any atom is 0.316 e. The molecule has 2 fully saturated rings. The first-order valence-corrected chi connectivity index (χ1v) is 14.5. The molecule has 3 N–H and O–H groups in total. The Balaban J connectivity index is 0.000000186. The Morgan fingerprint density at radius 3 is 2.30 bits per heavy atom. The van der Waals surface area contributed by atoms with Crippen LogP contribution in [0.4, 0.5) is 0 Å². The molecular weight excluding hydrogens is 504 g/mol. The van der Waals surface area contributed by atoms with Gasteiger partial charge in [0.05, 0.1) is 6.61 Å². The van der Waals surface area contributed by atoms with Crippen molar-refractivity contribution in [3.8, 4) is 5.75 Å². The standard InChI is InChI=1S/C17H23NO3.C16H21NO2/c1-18-13-7-8-14(18)10-15(9-13)21-17(20)16(11-19)12-5-3-2-4-6-12;1-12(2)17-10-14(18)11-19-16-9-5-7-13-6-3-4-8-15(13)16/h2-6,13-16,19H,7-11H2,1H3;3-9,12,14,17-18H,10-11H2,1-2H3/t13-,14+,15?,16?;. The second-order valence-corrected chi connectivity index (χ2v) is 11.2. The third-order valence-corrected chi connectivity index (χ3v) is 7.95. The zero-order valence-electron chi connectivity index (χ0n) is 23.9. The summed E-state index contributed by atoms with van der Waals surface area (Å²) in [5.74, 6) is -0.0390. The number of rotatable bonds is 10. The molecule has 0 saturated carbocycles. The van der Waals surface area contributed by atoms with Gasteiger partial charge in [-0.25, -0.2) is 0 Å². The molecule has 0 radical (unpaired) electrons. The van der Waals surface area contributed by atoms with E-state index in [0.717, 1.165) is 34.9 Å². The monoisotopic (exact) mass is 548 g/mol. The van der Waals surface area contributed by atoms with Gasteiger partial charge in [-0.2, -0.15) is 0 Å². The van der Waals surface area contributed by atoms with Gasteiger partial charge in [0.25, 0.3) is 0 Å². The van der Waals surface area contributed by atoms with Gasteiger partial charge in [-0.05, 0) is 49.7 Å². The summed E-state index contributed by atoms with van der Waals surface area (Å²) < 4.78 is 11.4. The number of nitrogens with zero attached hydrogens (tertiary/aromatic N) is 1. The van der Waals surface area contributed by atoms with Gasteiger partial charge >= 0.3 is 5.97 Å². The summed E-state index contributed by atoms with van der Waals surface area (Å²) >= 11 is 0. The number of piperidine rings is 1. The molecule has 0 aliphatic carbocycles. The van der Waals surface area contributed by atoms with E-state index in [4.69, 9.17) is 9.47 Å². The highest BCUT2D eigenvalue weighted by molar-refractivity contribution is 5.88. The van der Waals surface area contributed by atoms with Gasteiger partial charge in [-0.1, -0.05) is 80.6 Å². The van der Waals surface area contributed by atoms with Crippen LogP contribution < -0.4 is 10.1 Å². The number of fused-ring (bicyclic) bond motifs is 3. The summed E-state index contributed by atoms with van der Waals surface area (Å²) in [7, 11) is 2.17. The molecule has 0 aromatic heterocycles. The molecule has 3 aromatic rings. The van der Waals surface area contributed by atoms with E-state index in [0.29, 0.717) is 31.3 Å². The highest BCUT2D eigenvalue weighted by atomic mass is 16.5. The van der Waals surface area contributed by atoms with Crippen LogP contribution >= 0.6 is 0 Å². The van der Waals surface area contributed by atoms with E-state index in [9.17, 15) is 15.0 Å². The number of nitrogens with one attached hydrogen (secondary N) is 1. The fourth-order valence-electron chi connectivity index (χ4n) is 5.64. The van der Waals surface area contributed by atoms with Gasteiger partial charge < -0.3 is 29.9 Å². The summed E-state index contributed by atoms with van der Waals surface area (Å²) in [5.41, 5.74) is 0.820. The van der Waals surface area contributed by atoms with Crippen LogP contribution in [0.2, 0.25) is 0 Å². The number of ether oxygens (including phenoxy) is 2. The van der Waals surface area contributed by atoms with Gasteiger partial charge in [0.2, 0.25) is 0 Å². The first kappa shape index (κ1) is 30.0. The van der Waals surface area contributed by atoms with Crippen LogP contribution in [0.1, 0.15) is 51.0 Å². The molecule has 0 amide bonds. The first-order valence-electron chi connectivity index (χ1n) is 14.5. The number of esters is 1.